The first-order valence-electron chi connectivity index (χ1n) is 10.6. The third kappa shape index (κ3) is 4.04. The van der Waals surface area contributed by atoms with Gasteiger partial charge in [0.1, 0.15) is 0 Å². The average molecular weight is 389 g/mol. The molecule has 0 aromatic heterocycles. The van der Waals surface area contributed by atoms with Crippen LogP contribution in [0.2, 0.25) is 0 Å². The number of rotatable bonds is 6. The molecule has 3 fully saturated rings. The molecule has 3 aliphatic carbocycles. The second-order valence-electron chi connectivity index (χ2n) is 8.68. The summed E-state index contributed by atoms with van der Waals surface area (Å²) in [7, 11) is 1.68. The van der Waals surface area contributed by atoms with Crippen LogP contribution in [0.25, 0.3) is 0 Å². The maximum Gasteiger partial charge on any atom is 0.303 e. The van der Waals surface area contributed by atoms with Crippen LogP contribution in [0.1, 0.15) is 64.7 Å². The maximum atomic E-state index is 12.3. The van der Waals surface area contributed by atoms with Crippen LogP contribution in [0.5, 0.6) is 0 Å². The summed E-state index contributed by atoms with van der Waals surface area (Å²) in [6, 6.07) is 0. The Kier molecular flexibility index (Phi) is 6.62. The van der Waals surface area contributed by atoms with Crippen molar-refractivity contribution in [3.8, 4) is 11.8 Å². The van der Waals surface area contributed by atoms with Crippen molar-refractivity contribution in [3.63, 3.8) is 0 Å². The molecule has 0 amide bonds. The number of carbonyl (C=O) groups excluding carboxylic acids is 1. The van der Waals surface area contributed by atoms with E-state index in [-0.39, 0.29) is 30.0 Å². The molecule has 0 heterocycles. The summed E-state index contributed by atoms with van der Waals surface area (Å²) >= 11 is 0. The number of aliphatic carboxylic acids is 1. The predicted molar refractivity (Wildman–Crippen MR) is 105 cm³/mol. The Labute approximate surface area is 167 Å². The number of carboxylic acid groups (broad SMARTS) is 1. The molecule has 5 atom stereocenters. The maximum absolute atomic E-state index is 12.3. The zero-order valence-corrected chi connectivity index (χ0v) is 16.9. The fourth-order valence-corrected chi connectivity index (χ4v) is 5.72. The molecule has 0 spiro atoms. The molecule has 5 heteroatoms. The molecule has 3 aliphatic rings. The summed E-state index contributed by atoms with van der Waals surface area (Å²) in [5, 5.41) is 19.5. The number of methoxy groups -OCH3 is 1. The lowest BCUT2D eigenvalue weighted by atomic mass is 9.48. The number of ether oxygens (including phenoxy) is 1. The van der Waals surface area contributed by atoms with Crippen LogP contribution in [-0.4, -0.2) is 40.8 Å². The molecule has 2 N–H and O–H groups in total. The molecule has 154 valence electrons. The van der Waals surface area contributed by atoms with E-state index < -0.39 is 17.7 Å². The number of fused-ring (bicyclic) bond motifs is 1. The van der Waals surface area contributed by atoms with Gasteiger partial charge in [-0.15, -0.1) is 0 Å². The Hall–Kier alpha value is -1.64. The Morgan fingerprint density at radius 3 is 2.64 bits per heavy atom. The lowest BCUT2D eigenvalue weighted by Gasteiger charge is -2.61. The van der Waals surface area contributed by atoms with Gasteiger partial charge >= 0.3 is 5.97 Å². The van der Waals surface area contributed by atoms with E-state index in [4.69, 9.17) is 9.84 Å². The first-order valence-corrected chi connectivity index (χ1v) is 10.6. The summed E-state index contributed by atoms with van der Waals surface area (Å²) in [4.78, 5) is 23.1. The third-order valence-corrected chi connectivity index (χ3v) is 7.08. The molecule has 5 nitrogen and oxygen atoms in total. The normalized spacial score (nSPS) is 36.3. The van der Waals surface area contributed by atoms with E-state index in [1.54, 1.807) is 7.11 Å². The highest BCUT2D eigenvalue weighted by molar-refractivity contribution is 5.95. The first-order chi connectivity index (χ1) is 13.4. The van der Waals surface area contributed by atoms with Gasteiger partial charge in [-0.05, 0) is 55.4 Å². The smallest absolute Gasteiger partial charge is 0.303 e. The van der Waals surface area contributed by atoms with Gasteiger partial charge in [0.15, 0.2) is 0 Å². The molecule has 0 aliphatic heterocycles. The molecule has 28 heavy (non-hydrogen) atoms. The van der Waals surface area contributed by atoms with Crippen LogP contribution in [-0.2, 0) is 14.3 Å². The topological polar surface area (TPSA) is 83.8 Å². The van der Waals surface area contributed by atoms with E-state index in [1.165, 1.54) is 12.8 Å². The van der Waals surface area contributed by atoms with Crippen LogP contribution in [0.3, 0.4) is 0 Å². The van der Waals surface area contributed by atoms with Gasteiger partial charge in [-0.3, -0.25) is 9.59 Å². The van der Waals surface area contributed by atoms with Crippen molar-refractivity contribution >= 4 is 11.8 Å². The molecule has 3 saturated carbocycles. The number of aliphatic hydroxyl groups is 1. The largest absolute Gasteiger partial charge is 0.481 e. The third-order valence-electron chi connectivity index (χ3n) is 7.08. The quantitative estimate of drug-likeness (QED) is 0.414. The number of allylic oxidation sites excluding steroid dienone is 1. The highest BCUT2D eigenvalue weighted by Gasteiger charge is 2.62. The van der Waals surface area contributed by atoms with Gasteiger partial charge in [-0.1, -0.05) is 31.8 Å². The highest BCUT2D eigenvalue weighted by Crippen LogP contribution is 2.60. The Balaban J connectivity index is 1.73. The molecule has 3 rings (SSSR count). The minimum Gasteiger partial charge on any atom is -0.481 e. The molecule has 0 bridgehead atoms. The Morgan fingerprint density at radius 2 is 2.00 bits per heavy atom. The summed E-state index contributed by atoms with van der Waals surface area (Å²) < 4.78 is 5.93. The number of hydrogen-bond donors (Lipinski definition) is 2. The number of hydrogen-bond acceptors (Lipinski definition) is 4. The number of aliphatic hydroxyl groups excluding tert-OH is 1. The zero-order valence-electron chi connectivity index (χ0n) is 16.9. The van der Waals surface area contributed by atoms with Gasteiger partial charge < -0.3 is 14.9 Å². The highest BCUT2D eigenvalue weighted by atomic mass is 16.5. The van der Waals surface area contributed by atoms with Crippen LogP contribution in [0.15, 0.2) is 11.6 Å². The van der Waals surface area contributed by atoms with Crippen LogP contribution in [0.4, 0.5) is 0 Å². The summed E-state index contributed by atoms with van der Waals surface area (Å²) in [5.74, 6) is 5.49. The van der Waals surface area contributed by atoms with Crippen molar-refractivity contribution in [1.82, 2.24) is 0 Å². The second-order valence-corrected chi connectivity index (χ2v) is 8.68. The van der Waals surface area contributed by atoms with Gasteiger partial charge in [0, 0.05) is 25.9 Å². The van der Waals surface area contributed by atoms with Crippen molar-refractivity contribution < 1.29 is 24.5 Å². The van der Waals surface area contributed by atoms with Gasteiger partial charge in [-0.2, -0.15) is 0 Å². The molecule has 0 radical (unpaired) electrons. The zero-order chi connectivity index (χ0) is 20.3. The number of ketones is 1. The van der Waals surface area contributed by atoms with Gasteiger partial charge in [0.2, 0.25) is 5.78 Å². The van der Waals surface area contributed by atoms with Gasteiger partial charge in [0.05, 0.1) is 17.6 Å². The lowest BCUT2D eigenvalue weighted by molar-refractivity contribution is -0.162. The SMILES string of the molecule is COC12CCC(O)C(C#CC(=O)CC3CCCC3)C1C(C)C2=CCCC(=O)O. The molecule has 0 saturated heterocycles. The van der Waals surface area contributed by atoms with Crippen LogP contribution < -0.4 is 0 Å². The monoisotopic (exact) mass is 388 g/mol. The number of carbonyl (C=O) groups is 2. The Morgan fingerprint density at radius 1 is 1.29 bits per heavy atom. The van der Waals surface area contributed by atoms with Crippen molar-refractivity contribution in [2.75, 3.05) is 7.11 Å². The van der Waals surface area contributed by atoms with E-state index in [0.717, 1.165) is 18.4 Å². The summed E-state index contributed by atoms with van der Waals surface area (Å²) in [6.07, 6.45) is 8.48. The molecule has 0 aromatic carbocycles. The average Bonchev–Trinajstić information content (AvgIpc) is 3.16. The first kappa shape index (κ1) is 21.1. The minimum atomic E-state index is -0.810. The van der Waals surface area contributed by atoms with Crippen molar-refractivity contribution in [2.45, 2.75) is 76.4 Å². The molecular weight excluding hydrogens is 356 g/mol. The van der Waals surface area contributed by atoms with E-state index >= 15 is 0 Å². The fourth-order valence-electron chi connectivity index (χ4n) is 5.72. The van der Waals surface area contributed by atoms with E-state index in [1.807, 2.05) is 6.08 Å². The van der Waals surface area contributed by atoms with E-state index in [9.17, 15) is 14.7 Å². The minimum absolute atomic E-state index is 0.0168. The predicted octanol–water partition coefficient (Wildman–Crippen LogP) is 3.35. The summed E-state index contributed by atoms with van der Waals surface area (Å²) in [6.45, 7) is 2.08. The standard InChI is InChI=1S/C23H32O5/c1-15-19(8-5-9-21(26)27)23(28-2)13-12-20(25)18(22(15)23)11-10-17(24)14-16-6-3-4-7-16/h8,15-16,18,20,22,25H,3-7,9,12-14H2,1-2H3,(H,26,27). The summed E-state index contributed by atoms with van der Waals surface area (Å²) in [5.41, 5.74) is 0.641. The van der Waals surface area contributed by atoms with E-state index in [2.05, 4.69) is 18.8 Å². The number of carboxylic acids is 1. The van der Waals surface area contributed by atoms with Crippen LogP contribution in [0, 0.1) is 35.5 Å². The number of Topliss-reactive ketones (excluding diaryl/α,β-unsaturated/α-hetero) is 1. The van der Waals surface area contributed by atoms with Crippen LogP contribution >= 0.6 is 0 Å². The Bertz CT molecular complexity index is 694. The van der Waals surface area contributed by atoms with Gasteiger partial charge in [-0.25, -0.2) is 0 Å². The van der Waals surface area contributed by atoms with Crippen molar-refractivity contribution in [1.29, 1.82) is 0 Å². The second kappa shape index (κ2) is 8.80. The molecule has 5 unspecified atom stereocenters. The fraction of sp³-hybridized carbons (Fsp3) is 0.739. The molecular formula is C23H32O5. The van der Waals surface area contributed by atoms with Crippen molar-refractivity contribution in [3.05, 3.63) is 11.6 Å². The van der Waals surface area contributed by atoms with Crippen molar-refractivity contribution in [2.24, 2.45) is 23.7 Å². The lowest BCUT2D eigenvalue weighted by Crippen LogP contribution is -2.64. The molecule has 0 aromatic rings. The van der Waals surface area contributed by atoms with E-state index in [0.29, 0.717) is 31.6 Å². The van der Waals surface area contributed by atoms with Gasteiger partial charge in [0.25, 0.3) is 0 Å².